The Balaban J connectivity index is 2.27. The fourth-order valence-electron chi connectivity index (χ4n) is 2.05. The Morgan fingerprint density at radius 2 is 1.79 bits per heavy atom. The van der Waals surface area contributed by atoms with E-state index in [0.29, 0.717) is 5.88 Å². The normalized spacial score (nSPS) is 20.6. The zero-order valence-corrected chi connectivity index (χ0v) is 8.96. The summed E-state index contributed by atoms with van der Waals surface area (Å²) in [6.07, 6.45) is 2.08. The lowest BCUT2D eigenvalue weighted by molar-refractivity contribution is 0.0575. The van der Waals surface area contributed by atoms with Crippen molar-refractivity contribution in [3.63, 3.8) is 0 Å². The summed E-state index contributed by atoms with van der Waals surface area (Å²) in [6.45, 7) is 1.67. The van der Waals surface area contributed by atoms with Crippen LogP contribution < -0.4 is 0 Å². The van der Waals surface area contributed by atoms with Crippen LogP contribution in [0.2, 0.25) is 0 Å². The Morgan fingerprint density at radius 1 is 1.14 bits per heavy atom. The van der Waals surface area contributed by atoms with Gasteiger partial charge in [0.05, 0.1) is 0 Å². The molecule has 0 bridgehead atoms. The molecule has 1 nitrogen and oxygen atoms in total. The molecule has 0 N–H and O–H groups in total. The second-order valence-corrected chi connectivity index (χ2v) is 4.16. The van der Waals surface area contributed by atoms with E-state index in [1.165, 1.54) is 5.56 Å². The Bertz CT molecular complexity index is 278. The molecule has 0 aliphatic carbocycles. The van der Waals surface area contributed by atoms with Crippen LogP contribution in [-0.4, -0.2) is 19.1 Å². The summed E-state index contributed by atoms with van der Waals surface area (Å²) in [5.41, 5.74) is 1.51. The zero-order chi connectivity index (χ0) is 9.86. The predicted molar refractivity (Wildman–Crippen MR) is 58.9 cm³/mol. The van der Waals surface area contributed by atoms with Crippen molar-refractivity contribution < 1.29 is 4.74 Å². The number of hydrogen-bond donors (Lipinski definition) is 0. The lowest BCUT2D eigenvalue weighted by Gasteiger charge is -2.35. The van der Waals surface area contributed by atoms with Crippen LogP contribution in [0.15, 0.2) is 30.3 Å². The van der Waals surface area contributed by atoms with Gasteiger partial charge in [-0.25, -0.2) is 0 Å². The molecule has 0 unspecified atom stereocenters. The van der Waals surface area contributed by atoms with Crippen LogP contribution in [-0.2, 0) is 10.2 Å². The molecule has 1 aromatic carbocycles. The third-order valence-corrected chi connectivity index (χ3v) is 3.60. The summed E-state index contributed by atoms with van der Waals surface area (Å²) in [5.74, 6) is 0.695. The monoisotopic (exact) mass is 210 g/mol. The first-order valence-corrected chi connectivity index (χ1v) is 5.60. The second kappa shape index (κ2) is 4.33. The molecule has 0 aromatic heterocycles. The first kappa shape index (κ1) is 10.0. The molecule has 0 amide bonds. The highest BCUT2D eigenvalue weighted by atomic mass is 35.5. The average molecular weight is 211 g/mol. The summed E-state index contributed by atoms with van der Waals surface area (Å²) >= 11 is 6.12. The lowest BCUT2D eigenvalue weighted by atomic mass is 9.76. The molecule has 0 spiro atoms. The summed E-state index contributed by atoms with van der Waals surface area (Å²) in [6, 6.07) is 10.6. The molecule has 1 saturated heterocycles. The maximum atomic E-state index is 6.12. The zero-order valence-electron chi connectivity index (χ0n) is 8.21. The third kappa shape index (κ3) is 1.79. The molecule has 1 aromatic rings. The molecular weight excluding hydrogens is 196 g/mol. The van der Waals surface area contributed by atoms with E-state index < -0.39 is 0 Å². The van der Waals surface area contributed by atoms with Gasteiger partial charge in [-0.3, -0.25) is 0 Å². The molecule has 1 aliphatic heterocycles. The predicted octanol–water partition coefficient (Wildman–Crippen LogP) is 2.97. The fourth-order valence-corrected chi connectivity index (χ4v) is 2.47. The van der Waals surface area contributed by atoms with Crippen molar-refractivity contribution in [3.05, 3.63) is 35.9 Å². The van der Waals surface area contributed by atoms with E-state index >= 15 is 0 Å². The van der Waals surface area contributed by atoms with Crippen molar-refractivity contribution >= 4 is 11.6 Å². The van der Waals surface area contributed by atoms with Crippen molar-refractivity contribution in [3.8, 4) is 0 Å². The largest absolute Gasteiger partial charge is 0.381 e. The minimum absolute atomic E-state index is 0.154. The van der Waals surface area contributed by atoms with Crippen LogP contribution >= 0.6 is 11.6 Å². The molecule has 0 saturated carbocycles. The van der Waals surface area contributed by atoms with Crippen LogP contribution in [0.25, 0.3) is 0 Å². The van der Waals surface area contributed by atoms with Gasteiger partial charge in [-0.2, -0.15) is 0 Å². The van der Waals surface area contributed by atoms with Gasteiger partial charge in [-0.05, 0) is 18.4 Å². The van der Waals surface area contributed by atoms with Crippen molar-refractivity contribution in [2.75, 3.05) is 19.1 Å². The van der Waals surface area contributed by atoms with Gasteiger partial charge in [-0.15, -0.1) is 11.6 Å². The van der Waals surface area contributed by atoms with Gasteiger partial charge in [-0.1, -0.05) is 30.3 Å². The van der Waals surface area contributed by atoms with Gasteiger partial charge >= 0.3 is 0 Å². The second-order valence-electron chi connectivity index (χ2n) is 3.89. The third-order valence-electron chi connectivity index (χ3n) is 3.09. The molecule has 2 rings (SSSR count). The lowest BCUT2D eigenvalue weighted by Crippen LogP contribution is -2.35. The van der Waals surface area contributed by atoms with Crippen LogP contribution in [0.4, 0.5) is 0 Å². The molecule has 14 heavy (non-hydrogen) atoms. The summed E-state index contributed by atoms with van der Waals surface area (Å²) < 4.78 is 5.39. The van der Waals surface area contributed by atoms with Gasteiger partial charge in [0.25, 0.3) is 0 Å². The SMILES string of the molecule is ClCC1(c2ccccc2)CCOCC1. The molecule has 0 atom stereocenters. The first-order chi connectivity index (χ1) is 6.87. The van der Waals surface area contributed by atoms with Gasteiger partial charge in [0.2, 0.25) is 0 Å². The maximum Gasteiger partial charge on any atom is 0.0474 e. The first-order valence-electron chi connectivity index (χ1n) is 5.07. The number of alkyl halides is 1. The van der Waals surface area contributed by atoms with Crippen LogP contribution in [0.5, 0.6) is 0 Å². The van der Waals surface area contributed by atoms with Crippen molar-refractivity contribution in [1.29, 1.82) is 0 Å². The molecule has 1 fully saturated rings. The summed E-state index contributed by atoms with van der Waals surface area (Å²) in [7, 11) is 0. The highest BCUT2D eigenvalue weighted by molar-refractivity contribution is 6.18. The Morgan fingerprint density at radius 3 is 2.36 bits per heavy atom. The Kier molecular flexibility index (Phi) is 3.09. The number of benzene rings is 1. The molecule has 2 heteroatoms. The van der Waals surface area contributed by atoms with Crippen LogP contribution in [0, 0.1) is 0 Å². The van der Waals surface area contributed by atoms with Crippen LogP contribution in [0.1, 0.15) is 18.4 Å². The van der Waals surface area contributed by atoms with Crippen molar-refractivity contribution in [1.82, 2.24) is 0 Å². The van der Waals surface area contributed by atoms with Crippen molar-refractivity contribution in [2.24, 2.45) is 0 Å². The Labute approximate surface area is 90.0 Å². The van der Waals surface area contributed by atoms with Gasteiger partial charge in [0, 0.05) is 24.5 Å². The summed E-state index contributed by atoms with van der Waals surface area (Å²) in [5, 5.41) is 0. The average Bonchev–Trinajstić information content (AvgIpc) is 2.31. The van der Waals surface area contributed by atoms with E-state index in [-0.39, 0.29) is 5.41 Å². The smallest absolute Gasteiger partial charge is 0.0474 e. The van der Waals surface area contributed by atoms with E-state index in [9.17, 15) is 0 Å². The van der Waals surface area contributed by atoms with E-state index in [4.69, 9.17) is 16.3 Å². The number of rotatable bonds is 2. The number of halogens is 1. The quantitative estimate of drug-likeness (QED) is 0.682. The Hall–Kier alpha value is -0.530. The van der Waals surface area contributed by atoms with Gasteiger partial charge < -0.3 is 4.74 Å². The van der Waals surface area contributed by atoms with Gasteiger partial charge in [0.1, 0.15) is 0 Å². The topological polar surface area (TPSA) is 9.23 Å². The minimum atomic E-state index is 0.154. The molecule has 1 heterocycles. The van der Waals surface area contributed by atoms with Crippen LogP contribution in [0.3, 0.4) is 0 Å². The fraction of sp³-hybridized carbons (Fsp3) is 0.500. The molecular formula is C12H15ClO. The number of ether oxygens (including phenoxy) is 1. The summed E-state index contributed by atoms with van der Waals surface area (Å²) in [4.78, 5) is 0. The van der Waals surface area contributed by atoms with E-state index in [2.05, 4.69) is 24.3 Å². The van der Waals surface area contributed by atoms with E-state index in [1.54, 1.807) is 0 Å². The number of hydrogen-bond acceptors (Lipinski definition) is 1. The van der Waals surface area contributed by atoms with E-state index in [1.807, 2.05) is 6.07 Å². The van der Waals surface area contributed by atoms with E-state index in [0.717, 1.165) is 26.1 Å². The highest BCUT2D eigenvalue weighted by Crippen LogP contribution is 2.35. The molecule has 76 valence electrons. The maximum absolute atomic E-state index is 6.12. The standard InChI is InChI=1S/C12H15ClO/c13-10-12(6-8-14-9-7-12)11-4-2-1-3-5-11/h1-5H,6-10H2. The molecule has 1 aliphatic rings. The minimum Gasteiger partial charge on any atom is -0.381 e. The van der Waals surface area contributed by atoms with Gasteiger partial charge in [0.15, 0.2) is 0 Å². The molecule has 0 radical (unpaired) electrons. The van der Waals surface area contributed by atoms with Crippen molar-refractivity contribution in [2.45, 2.75) is 18.3 Å². The highest BCUT2D eigenvalue weighted by Gasteiger charge is 2.33.